The van der Waals surface area contributed by atoms with E-state index in [1.165, 1.54) is 40.6 Å². The van der Waals surface area contributed by atoms with E-state index >= 15 is 0 Å². The average Bonchev–Trinajstić information content (AvgIpc) is 2.88. The van der Waals surface area contributed by atoms with Crippen LogP contribution in [0.2, 0.25) is 0 Å². The summed E-state index contributed by atoms with van der Waals surface area (Å²) in [5.74, 6) is 0.954. The van der Waals surface area contributed by atoms with Gasteiger partial charge in [0.25, 0.3) is 15.7 Å². The van der Waals surface area contributed by atoms with Crippen molar-refractivity contribution < 1.29 is 37.4 Å². The van der Waals surface area contributed by atoms with E-state index in [-0.39, 0.29) is 22.0 Å². The highest BCUT2D eigenvalue weighted by atomic mass is 32.2. The van der Waals surface area contributed by atoms with E-state index in [1.54, 1.807) is 24.3 Å². The van der Waals surface area contributed by atoms with E-state index in [0.29, 0.717) is 28.4 Å². The summed E-state index contributed by atoms with van der Waals surface area (Å²) in [7, 11) is 1.65. The van der Waals surface area contributed by atoms with Crippen LogP contribution in [0.3, 0.4) is 0 Å². The smallest absolute Gasteiger partial charge is 0.269 e. The number of hydrogen-bond acceptors (Lipinski definition) is 9. The molecular formula is C24H24N2O9S. The maximum Gasteiger partial charge on any atom is 0.269 e. The number of phenolic OH excluding ortho intramolecular Hbond substituents is 1. The number of methoxy groups -OCH3 is 4. The molecule has 0 aliphatic rings. The number of aromatic hydroxyl groups is 1. The minimum atomic E-state index is -4.17. The molecule has 0 radical (unpaired) electrons. The third-order valence-electron chi connectivity index (χ3n) is 5.07. The SMILES string of the molecule is COc1cc(/C=C\c2cc(OC)c(OC)c(OC)c2)cc(NS(=O)(=O)c2ccc([N+](=O)[O-])cc2)c1O. The minimum absolute atomic E-state index is 0.0310. The van der Waals surface area contributed by atoms with Gasteiger partial charge in [-0.1, -0.05) is 12.2 Å². The van der Waals surface area contributed by atoms with Crippen LogP contribution in [-0.2, 0) is 10.0 Å². The molecule has 0 atom stereocenters. The minimum Gasteiger partial charge on any atom is -0.503 e. The number of rotatable bonds is 10. The predicted octanol–water partition coefficient (Wildman–Crippen LogP) is 4.31. The Morgan fingerprint density at radius 2 is 1.33 bits per heavy atom. The molecule has 3 rings (SSSR count). The molecule has 0 aromatic heterocycles. The molecule has 0 spiro atoms. The molecular weight excluding hydrogens is 492 g/mol. The van der Waals surface area contributed by atoms with Gasteiger partial charge in [-0.05, 0) is 47.5 Å². The fourth-order valence-electron chi connectivity index (χ4n) is 3.30. The third-order valence-corrected chi connectivity index (χ3v) is 6.46. The summed E-state index contributed by atoms with van der Waals surface area (Å²) in [6, 6.07) is 10.7. The molecule has 0 heterocycles. The zero-order chi connectivity index (χ0) is 26.5. The van der Waals surface area contributed by atoms with Crippen LogP contribution in [0.15, 0.2) is 53.4 Å². The van der Waals surface area contributed by atoms with E-state index in [9.17, 15) is 23.6 Å². The van der Waals surface area contributed by atoms with Gasteiger partial charge >= 0.3 is 0 Å². The van der Waals surface area contributed by atoms with Gasteiger partial charge in [-0.25, -0.2) is 8.42 Å². The number of phenols is 1. The molecule has 2 N–H and O–H groups in total. The Hall–Kier alpha value is -4.45. The Balaban J connectivity index is 1.97. The summed E-state index contributed by atoms with van der Waals surface area (Å²) in [4.78, 5) is 9.99. The summed E-state index contributed by atoms with van der Waals surface area (Å²) in [6.45, 7) is 0. The van der Waals surface area contributed by atoms with Crippen LogP contribution in [0, 0.1) is 10.1 Å². The Morgan fingerprint density at radius 3 is 1.81 bits per heavy atom. The van der Waals surface area contributed by atoms with Gasteiger partial charge in [-0.15, -0.1) is 0 Å². The van der Waals surface area contributed by atoms with Crippen molar-refractivity contribution in [2.45, 2.75) is 4.90 Å². The topological polar surface area (TPSA) is 146 Å². The number of ether oxygens (including phenoxy) is 4. The van der Waals surface area contributed by atoms with Crippen LogP contribution in [0.1, 0.15) is 11.1 Å². The Bertz CT molecular complexity index is 1380. The highest BCUT2D eigenvalue weighted by molar-refractivity contribution is 7.92. The van der Waals surface area contributed by atoms with E-state index in [2.05, 4.69) is 4.72 Å². The van der Waals surface area contributed by atoms with Crippen molar-refractivity contribution in [3.8, 4) is 28.7 Å². The molecule has 0 amide bonds. The van der Waals surface area contributed by atoms with Gasteiger partial charge in [0.15, 0.2) is 23.0 Å². The zero-order valence-electron chi connectivity index (χ0n) is 19.8. The molecule has 12 heteroatoms. The van der Waals surface area contributed by atoms with Crippen LogP contribution in [0.4, 0.5) is 11.4 Å². The first-order valence-electron chi connectivity index (χ1n) is 10.3. The molecule has 36 heavy (non-hydrogen) atoms. The highest BCUT2D eigenvalue weighted by Crippen LogP contribution is 2.40. The number of non-ortho nitro benzene ring substituents is 1. The van der Waals surface area contributed by atoms with E-state index in [0.717, 1.165) is 24.3 Å². The first-order valence-corrected chi connectivity index (χ1v) is 11.8. The van der Waals surface area contributed by atoms with E-state index in [1.807, 2.05) is 0 Å². The number of hydrogen-bond donors (Lipinski definition) is 2. The number of benzene rings is 3. The summed E-state index contributed by atoms with van der Waals surface area (Å²) in [5.41, 5.74) is 0.805. The summed E-state index contributed by atoms with van der Waals surface area (Å²) in [5, 5.41) is 21.3. The number of nitro benzene ring substituents is 1. The highest BCUT2D eigenvalue weighted by Gasteiger charge is 2.20. The van der Waals surface area contributed by atoms with E-state index < -0.39 is 20.7 Å². The summed E-state index contributed by atoms with van der Waals surface area (Å²) >= 11 is 0. The molecule has 0 unspecified atom stereocenters. The lowest BCUT2D eigenvalue weighted by molar-refractivity contribution is -0.384. The zero-order valence-corrected chi connectivity index (χ0v) is 20.7. The maximum atomic E-state index is 12.8. The van der Waals surface area contributed by atoms with Gasteiger partial charge in [0, 0.05) is 12.1 Å². The van der Waals surface area contributed by atoms with Crippen LogP contribution in [0.5, 0.6) is 28.7 Å². The maximum absolute atomic E-state index is 12.8. The van der Waals surface area contributed by atoms with Crippen molar-refractivity contribution in [1.29, 1.82) is 0 Å². The van der Waals surface area contributed by atoms with Gasteiger partial charge in [0.1, 0.15) is 0 Å². The number of nitrogens with zero attached hydrogens (tertiary/aromatic N) is 1. The predicted molar refractivity (Wildman–Crippen MR) is 134 cm³/mol. The van der Waals surface area contributed by atoms with Crippen molar-refractivity contribution in [3.63, 3.8) is 0 Å². The molecule has 0 aliphatic heterocycles. The van der Waals surface area contributed by atoms with Crippen molar-refractivity contribution in [3.05, 3.63) is 69.8 Å². The molecule has 0 aliphatic carbocycles. The normalized spacial score (nSPS) is 11.2. The molecule has 0 fully saturated rings. The second kappa shape index (κ2) is 10.9. The monoisotopic (exact) mass is 516 g/mol. The van der Waals surface area contributed by atoms with Crippen molar-refractivity contribution in [1.82, 2.24) is 0 Å². The first-order chi connectivity index (χ1) is 17.1. The number of nitro groups is 1. The van der Waals surface area contributed by atoms with Crippen molar-refractivity contribution in [2.24, 2.45) is 0 Å². The Labute approximate surface area is 207 Å². The number of nitrogens with one attached hydrogen (secondary N) is 1. The molecule has 190 valence electrons. The summed E-state index contributed by atoms with van der Waals surface area (Å²) < 4.78 is 49.2. The van der Waals surface area contributed by atoms with Crippen molar-refractivity contribution in [2.75, 3.05) is 33.2 Å². The molecule has 3 aromatic rings. The van der Waals surface area contributed by atoms with Crippen molar-refractivity contribution >= 4 is 33.6 Å². The number of sulfonamides is 1. The van der Waals surface area contributed by atoms with Crippen LogP contribution < -0.4 is 23.7 Å². The number of anilines is 1. The Morgan fingerprint density at radius 1 is 0.833 bits per heavy atom. The van der Waals surface area contributed by atoms with Crippen LogP contribution in [0.25, 0.3) is 12.2 Å². The van der Waals surface area contributed by atoms with E-state index in [4.69, 9.17) is 18.9 Å². The van der Waals surface area contributed by atoms with Gasteiger partial charge < -0.3 is 24.1 Å². The standard InChI is InChI=1S/C24H24N2O9S/c1-32-20-12-15(5-6-16-13-21(33-2)24(35-4)22(14-16)34-3)11-19(23(20)27)25-36(30,31)18-9-7-17(8-10-18)26(28)29/h5-14,25,27H,1-4H3/b6-5-. The lowest BCUT2D eigenvalue weighted by Crippen LogP contribution is -2.13. The summed E-state index contributed by atoms with van der Waals surface area (Å²) in [6.07, 6.45) is 3.40. The largest absolute Gasteiger partial charge is 0.503 e. The first kappa shape index (κ1) is 26.2. The second-order valence-electron chi connectivity index (χ2n) is 7.27. The average molecular weight is 517 g/mol. The third kappa shape index (κ3) is 5.61. The molecule has 0 saturated heterocycles. The van der Waals surface area contributed by atoms with Gasteiger partial charge in [0.2, 0.25) is 5.75 Å². The van der Waals surface area contributed by atoms with Crippen LogP contribution in [-0.4, -0.2) is 46.9 Å². The van der Waals surface area contributed by atoms with Gasteiger partial charge in [-0.2, -0.15) is 0 Å². The molecule has 11 nitrogen and oxygen atoms in total. The lowest BCUT2D eigenvalue weighted by Gasteiger charge is -2.14. The fourth-order valence-corrected chi connectivity index (χ4v) is 4.36. The van der Waals surface area contributed by atoms with Gasteiger partial charge in [0.05, 0.1) is 43.9 Å². The fraction of sp³-hybridized carbons (Fsp3) is 0.167. The quantitative estimate of drug-likeness (QED) is 0.174. The van der Waals surface area contributed by atoms with Crippen LogP contribution >= 0.6 is 0 Å². The molecule has 0 saturated carbocycles. The Kier molecular flexibility index (Phi) is 7.90. The van der Waals surface area contributed by atoms with Gasteiger partial charge in [-0.3, -0.25) is 14.8 Å². The molecule has 3 aromatic carbocycles. The molecule has 0 bridgehead atoms. The lowest BCUT2D eigenvalue weighted by atomic mass is 10.1. The second-order valence-corrected chi connectivity index (χ2v) is 8.95.